The number of methoxy groups -OCH3 is 1. The van der Waals surface area contributed by atoms with Gasteiger partial charge in [-0.15, -0.1) is 11.3 Å². The number of thiazole rings is 1. The molecule has 1 saturated heterocycles. The lowest BCUT2D eigenvalue weighted by atomic mass is 9.51. The van der Waals surface area contributed by atoms with Gasteiger partial charge in [0.25, 0.3) is 0 Å². The molecule has 0 unspecified atom stereocenters. The number of carbonyl (C=O) groups excluding carboxylic acids is 2. The van der Waals surface area contributed by atoms with Gasteiger partial charge in [-0.2, -0.15) is 0 Å². The first-order valence-electron chi connectivity index (χ1n) is 18.4. The quantitative estimate of drug-likeness (QED) is 0.241. The van der Waals surface area contributed by atoms with Crippen LogP contribution in [0.25, 0.3) is 10.4 Å². The van der Waals surface area contributed by atoms with E-state index in [1.807, 2.05) is 23.4 Å². The van der Waals surface area contributed by atoms with Crippen LogP contribution in [0.3, 0.4) is 0 Å². The molecule has 3 aromatic rings. The van der Waals surface area contributed by atoms with Gasteiger partial charge in [-0.3, -0.25) is 9.69 Å². The van der Waals surface area contributed by atoms with Crippen LogP contribution in [0.15, 0.2) is 42.7 Å². The Balaban J connectivity index is 1.10. The molecule has 0 radical (unpaired) electrons. The summed E-state index contributed by atoms with van der Waals surface area (Å²) in [4.78, 5) is 39.8. The van der Waals surface area contributed by atoms with Crippen LogP contribution in [0.1, 0.15) is 101 Å². The third-order valence-electron chi connectivity index (χ3n) is 11.9. The van der Waals surface area contributed by atoms with Gasteiger partial charge in [-0.1, -0.05) is 32.9 Å². The predicted molar refractivity (Wildman–Crippen MR) is 196 cm³/mol. The lowest BCUT2D eigenvalue weighted by molar-refractivity contribution is -0.124. The van der Waals surface area contributed by atoms with Crippen molar-refractivity contribution in [3.63, 3.8) is 0 Å². The molecule has 3 heterocycles. The minimum absolute atomic E-state index is 0.0313. The smallest absolute Gasteiger partial charge is 0.407 e. The van der Waals surface area contributed by atoms with E-state index in [1.165, 1.54) is 11.1 Å². The number of hydrogen-bond donors (Lipinski definition) is 1. The van der Waals surface area contributed by atoms with E-state index >= 15 is 0 Å². The summed E-state index contributed by atoms with van der Waals surface area (Å²) >= 11 is 1.71. The van der Waals surface area contributed by atoms with Crippen molar-refractivity contribution in [1.82, 2.24) is 15.3 Å². The number of benzene rings is 1. The molecule has 2 aromatic heterocycles. The Labute approximate surface area is 300 Å². The maximum absolute atomic E-state index is 14.7. The minimum atomic E-state index is -0.386. The van der Waals surface area contributed by atoms with Gasteiger partial charge in [0.2, 0.25) is 5.91 Å². The molecule has 4 aliphatic carbocycles. The molecule has 5 aliphatic rings. The average Bonchev–Trinajstić information content (AvgIpc) is 3.62. The summed E-state index contributed by atoms with van der Waals surface area (Å²) in [5, 5.41) is 3.96. The molecule has 1 aliphatic heterocycles. The van der Waals surface area contributed by atoms with Crippen LogP contribution in [0.4, 0.5) is 10.6 Å². The second-order valence-corrected chi connectivity index (χ2v) is 17.4. The second-order valence-electron chi connectivity index (χ2n) is 16.3. The first-order chi connectivity index (χ1) is 24.0. The molecule has 268 valence electrons. The fraction of sp³-hybridized carbons (Fsp3) is 0.600. The highest BCUT2D eigenvalue weighted by atomic mass is 32.1. The van der Waals surface area contributed by atoms with Gasteiger partial charge in [0.05, 0.1) is 36.3 Å². The molecule has 4 saturated carbocycles. The SMILES string of the molecule is COc1ccc(C23CCC(CN(C(=O)C4CCC(OC(=O)NC5COC5)CC4)c4cc(-c5cnc(C(C)(C)C)s5)ccn4)(CC2)CC3)cc1C. The highest BCUT2D eigenvalue weighted by molar-refractivity contribution is 7.15. The standard InChI is InChI=1S/C40H52N4O5S/c1-26-20-29(8-11-32(26)47-5)40-16-13-39(14-17-40,15-18-40)25-44(34-21-28(12-19-41-34)33-22-42-36(50-33)38(2,3)4)35(45)27-6-9-31(10-7-27)49-37(46)43-30-23-48-24-30/h8,11-12,19-22,27,30-31H,6-7,9-10,13-18,23-25H2,1-5H3,(H,43,46). The number of anilines is 1. The van der Waals surface area contributed by atoms with Gasteiger partial charge in [-0.05, 0) is 117 Å². The third-order valence-corrected chi connectivity index (χ3v) is 13.4. The molecular weight excluding hydrogens is 649 g/mol. The summed E-state index contributed by atoms with van der Waals surface area (Å²) < 4.78 is 16.4. The van der Waals surface area contributed by atoms with Crippen molar-refractivity contribution >= 4 is 29.2 Å². The van der Waals surface area contributed by atoms with Crippen molar-refractivity contribution in [2.45, 2.75) is 115 Å². The van der Waals surface area contributed by atoms with Crippen molar-refractivity contribution < 1.29 is 23.8 Å². The number of carbonyl (C=O) groups is 2. The van der Waals surface area contributed by atoms with Gasteiger partial charge in [0, 0.05) is 30.3 Å². The van der Waals surface area contributed by atoms with Crippen molar-refractivity contribution in [1.29, 1.82) is 0 Å². The van der Waals surface area contributed by atoms with Gasteiger partial charge in [-0.25, -0.2) is 14.8 Å². The van der Waals surface area contributed by atoms with Crippen molar-refractivity contribution in [2.24, 2.45) is 11.3 Å². The summed E-state index contributed by atoms with van der Waals surface area (Å²) in [6.07, 6.45) is 12.6. The fourth-order valence-corrected chi connectivity index (χ4v) is 9.51. The fourth-order valence-electron chi connectivity index (χ4n) is 8.54. The first-order valence-corrected chi connectivity index (χ1v) is 19.2. The number of pyridine rings is 1. The van der Waals surface area contributed by atoms with Gasteiger partial charge in [0.15, 0.2) is 0 Å². The van der Waals surface area contributed by atoms with Crippen LogP contribution in [0.2, 0.25) is 0 Å². The zero-order valence-electron chi connectivity index (χ0n) is 30.3. The second kappa shape index (κ2) is 13.9. The number of hydrogen-bond acceptors (Lipinski definition) is 8. The Hall–Kier alpha value is -3.50. The zero-order valence-corrected chi connectivity index (χ0v) is 31.1. The van der Waals surface area contributed by atoms with E-state index in [4.69, 9.17) is 24.2 Å². The molecular formula is C40H52N4O5S. The van der Waals surface area contributed by atoms with E-state index in [0.717, 1.165) is 65.5 Å². The zero-order chi connectivity index (χ0) is 35.1. The number of nitrogens with one attached hydrogen (secondary N) is 1. The molecule has 9 nitrogen and oxygen atoms in total. The molecule has 1 aromatic carbocycles. The number of ether oxygens (including phenoxy) is 3. The van der Waals surface area contributed by atoms with E-state index in [9.17, 15) is 9.59 Å². The number of fused-ring (bicyclic) bond motifs is 3. The van der Waals surface area contributed by atoms with Crippen LogP contribution >= 0.6 is 11.3 Å². The molecule has 0 spiro atoms. The van der Waals surface area contributed by atoms with Crippen LogP contribution in [0.5, 0.6) is 5.75 Å². The largest absolute Gasteiger partial charge is 0.496 e. The van der Waals surface area contributed by atoms with E-state index < -0.39 is 0 Å². The van der Waals surface area contributed by atoms with Crippen molar-refractivity contribution in [3.05, 3.63) is 58.9 Å². The van der Waals surface area contributed by atoms with Crippen LogP contribution in [-0.2, 0) is 25.1 Å². The van der Waals surface area contributed by atoms with E-state index in [1.54, 1.807) is 18.4 Å². The number of rotatable bonds is 9. The highest BCUT2D eigenvalue weighted by Gasteiger charge is 2.51. The number of aryl methyl sites for hydroxylation is 1. The molecule has 1 N–H and O–H groups in total. The molecule has 0 atom stereocenters. The maximum Gasteiger partial charge on any atom is 0.407 e. The lowest BCUT2D eigenvalue weighted by Gasteiger charge is -2.55. The predicted octanol–water partition coefficient (Wildman–Crippen LogP) is 8.13. The monoisotopic (exact) mass is 700 g/mol. The Bertz CT molecular complexity index is 1680. The summed E-state index contributed by atoms with van der Waals surface area (Å²) in [7, 11) is 1.74. The lowest BCUT2D eigenvalue weighted by Crippen LogP contribution is -2.52. The normalized spacial score (nSPS) is 26.6. The molecule has 2 amide bonds. The Morgan fingerprint density at radius 1 is 1.00 bits per heavy atom. The van der Waals surface area contributed by atoms with Crippen molar-refractivity contribution in [2.75, 3.05) is 31.8 Å². The molecule has 8 rings (SSSR count). The van der Waals surface area contributed by atoms with Crippen molar-refractivity contribution in [3.8, 4) is 16.2 Å². The van der Waals surface area contributed by atoms with Crippen LogP contribution in [0, 0.1) is 18.3 Å². The Kier molecular flexibility index (Phi) is 9.71. The van der Waals surface area contributed by atoms with Gasteiger partial charge in [0.1, 0.15) is 17.7 Å². The minimum Gasteiger partial charge on any atom is -0.496 e. The number of alkyl carbamates (subject to hydrolysis) is 1. The number of aromatic nitrogens is 2. The Morgan fingerprint density at radius 2 is 1.72 bits per heavy atom. The van der Waals surface area contributed by atoms with Gasteiger partial charge >= 0.3 is 6.09 Å². The number of nitrogens with zero attached hydrogens (tertiary/aromatic N) is 3. The summed E-state index contributed by atoms with van der Waals surface area (Å²) in [5.41, 5.74) is 3.88. The molecule has 2 bridgehead atoms. The third kappa shape index (κ3) is 7.15. The Morgan fingerprint density at radius 3 is 2.32 bits per heavy atom. The average molecular weight is 701 g/mol. The maximum atomic E-state index is 14.7. The first kappa shape index (κ1) is 34.9. The topological polar surface area (TPSA) is 103 Å². The summed E-state index contributed by atoms with van der Waals surface area (Å²) in [6.45, 7) is 10.4. The van der Waals surface area contributed by atoms with Gasteiger partial charge < -0.3 is 19.5 Å². The van der Waals surface area contributed by atoms with E-state index in [2.05, 4.69) is 57.3 Å². The highest BCUT2D eigenvalue weighted by Crippen LogP contribution is 2.58. The molecule has 10 heteroatoms. The summed E-state index contributed by atoms with van der Waals surface area (Å²) in [5.74, 6) is 1.67. The summed E-state index contributed by atoms with van der Waals surface area (Å²) in [6, 6.07) is 10.9. The van der Waals surface area contributed by atoms with E-state index in [0.29, 0.717) is 45.4 Å². The van der Waals surface area contributed by atoms with Crippen LogP contribution in [-0.4, -0.2) is 61.0 Å². The molecule has 50 heavy (non-hydrogen) atoms. The number of amides is 2. The molecule has 5 fully saturated rings. The van der Waals surface area contributed by atoms with Crippen LogP contribution < -0.4 is 15.0 Å². The van der Waals surface area contributed by atoms with E-state index in [-0.39, 0.29) is 46.3 Å².